The minimum Gasteiger partial charge on any atom is -0.492 e. The monoisotopic (exact) mass is 436 g/mol. The van der Waals surface area contributed by atoms with Gasteiger partial charge in [-0.15, -0.1) is 0 Å². The zero-order valence-electron chi connectivity index (χ0n) is 19.0. The van der Waals surface area contributed by atoms with E-state index >= 15 is 0 Å². The van der Waals surface area contributed by atoms with Gasteiger partial charge in [0.05, 0.1) is 24.2 Å². The third-order valence-corrected chi connectivity index (χ3v) is 7.32. The molecule has 2 atom stereocenters. The molecule has 1 aliphatic carbocycles. The highest BCUT2D eigenvalue weighted by atomic mass is 16.7. The maximum absolute atomic E-state index is 11.1. The molecule has 6 nitrogen and oxygen atoms in total. The van der Waals surface area contributed by atoms with Crippen LogP contribution in [0.5, 0.6) is 11.5 Å². The van der Waals surface area contributed by atoms with Gasteiger partial charge in [0.2, 0.25) is 0 Å². The van der Waals surface area contributed by atoms with Crippen LogP contribution in [0, 0.1) is 0 Å². The Morgan fingerprint density at radius 2 is 1.88 bits per heavy atom. The molecule has 1 fully saturated rings. The summed E-state index contributed by atoms with van der Waals surface area (Å²) >= 11 is 0. The van der Waals surface area contributed by atoms with Crippen molar-refractivity contribution in [2.45, 2.75) is 70.2 Å². The lowest BCUT2D eigenvalue weighted by molar-refractivity contribution is -0.137. The van der Waals surface area contributed by atoms with Crippen LogP contribution in [0.25, 0.3) is 0 Å². The quantitative estimate of drug-likeness (QED) is 0.715. The van der Waals surface area contributed by atoms with Crippen LogP contribution in [0.1, 0.15) is 69.2 Å². The Bertz CT molecular complexity index is 1050. The second-order valence-electron chi connectivity index (χ2n) is 9.95. The van der Waals surface area contributed by atoms with Crippen LogP contribution in [0.4, 0.5) is 0 Å². The van der Waals surface area contributed by atoms with Gasteiger partial charge in [-0.3, -0.25) is 4.79 Å². The van der Waals surface area contributed by atoms with Crippen LogP contribution in [-0.2, 0) is 20.5 Å². The summed E-state index contributed by atoms with van der Waals surface area (Å²) in [4.78, 5) is 11.1. The van der Waals surface area contributed by atoms with Crippen molar-refractivity contribution in [2.24, 2.45) is 0 Å². The second kappa shape index (κ2) is 7.53. The highest BCUT2D eigenvalue weighted by molar-refractivity contribution is 6.62. The predicted molar refractivity (Wildman–Crippen MR) is 121 cm³/mol. The van der Waals surface area contributed by atoms with Gasteiger partial charge in [0, 0.05) is 17.5 Å². The van der Waals surface area contributed by atoms with E-state index in [2.05, 4.69) is 39.8 Å². The standard InChI is InChI=1S/C25H29BO6/c1-24(2)25(3,4)32-26(31-24)20-7-5-6-19-18(20)10-11-21(19)30-16-8-9-17-15(12-23(27)28)14-29-22(17)13-16/h5-9,13,15,21H,10-12,14H2,1-4H3,(H,27,28)/t15?,21-/m1/s1. The van der Waals surface area contributed by atoms with E-state index in [-0.39, 0.29) is 36.8 Å². The molecule has 0 radical (unpaired) electrons. The fraction of sp³-hybridized carbons (Fsp3) is 0.480. The molecule has 0 bridgehead atoms. The number of hydrogen-bond acceptors (Lipinski definition) is 5. The minimum absolute atomic E-state index is 0.0540. The lowest BCUT2D eigenvalue weighted by atomic mass is 9.75. The summed E-state index contributed by atoms with van der Waals surface area (Å²) in [6, 6.07) is 12.0. The SMILES string of the molecule is CC1(C)OB(c2cccc3c2CC[C@H]3Oc2ccc3c(c2)OCC3CC(=O)O)OC1(C)C. The Hall–Kier alpha value is -2.51. The fourth-order valence-electron chi connectivity index (χ4n) is 4.83. The van der Waals surface area contributed by atoms with E-state index in [4.69, 9.17) is 23.9 Å². The summed E-state index contributed by atoms with van der Waals surface area (Å²) in [6.07, 6.45) is 1.81. The van der Waals surface area contributed by atoms with Gasteiger partial charge >= 0.3 is 13.1 Å². The topological polar surface area (TPSA) is 74.2 Å². The van der Waals surface area contributed by atoms with Gasteiger partial charge < -0.3 is 23.9 Å². The molecule has 1 saturated heterocycles. The molecular formula is C25H29BO6. The number of fused-ring (bicyclic) bond motifs is 2. The maximum atomic E-state index is 11.1. The largest absolute Gasteiger partial charge is 0.495 e. The van der Waals surface area contributed by atoms with E-state index in [1.54, 1.807) is 0 Å². The Balaban J connectivity index is 1.35. The Morgan fingerprint density at radius 3 is 2.59 bits per heavy atom. The molecule has 0 amide bonds. The van der Waals surface area contributed by atoms with Gasteiger partial charge in [0.15, 0.2) is 0 Å². The first kappa shape index (κ1) is 21.3. The van der Waals surface area contributed by atoms with Crippen molar-refractivity contribution in [2.75, 3.05) is 6.61 Å². The van der Waals surface area contributed by atoms with E-state index in [9.17, 15) is 4.79 Å². The fourth-order valence-corrected chi connectivity index (χ4v) is 4.83. The summed E-state index contributed by atoms with van der Waals surface area (Å²) in [5.74, 6) is 0.537. The predicted octanol–water partition coefficient (Wildman–Crippen LogP) is 4.00. The van der Waals surface area contributed by atoms with Gasteiger partial charge in [-0.25, -0.2) is 0 Å². The average Bonchev–Trinajstić information content (AvgIpc) is 3.36. The first-order valence-corrected chi connectivity index (χ1v) is 11.3. The maximum Gasteiger partial charge on any atom is 0.495 e. The van der Waals surface area contributed by atoms with Gasteiger partial charge in [0.25, 0.3) is 0 Å². The molecule has 3 aliphatic rings. The van der Waals surface area contributed by atoms with Gasteiger partial charge in [-0.2, -0.15) is 0 Å². The zero-order chi connectivity index (χ0) is 22.7. The number of ether oxygens (including phenoxy) is 2. The van der Waals surface area contributed by atoms with Crippen LogP contribution >= 0.6 is 0 Å². The van der Waals surface area contributed by atoms with Crippen molar-refractivity contribution < 1.29 is 28.7 Å². The molecule has 1 N–H and O–H groups in total. The molecule has 0 aromatic heterocycles. The van der Waals surface area contributed by atoms with Crippen LogP contribution in [0.2, 0.25) is 0 Å². The smallest absolute Gasteiger partial charge is 0.492 e. The van der Waals surface area contributed by atoms with Crippen molar-refractivity contribution in [3.63, 3.8) is 0 Å². The number of rotatable bonds is 5. The highest BCUT2D eigenvalue weighted by Crippen LogP contribution is 2.42. The van der Waals surface area contributed by atoms with Crippen molar-refractivity contribution in [1.29, 1.82) is 0 Å². The molecule has 168 valence electrons. The van der Waals surface area contributed by atoms with E-state index < -0.39 is 5.97 Å². The summed E-state index contributed by atoms with van der Waals surface area (Å²) in [5, 5.41) is 9.10. The first-order valence-electron chi connectivity index (χ1n) is 11.3. The molecule has 7 heteroatoms. The third kappa shape index (κ3) is 3.57. The summed E-state index contributed by atoms with van der Waals surface area (Å²) < 4.78 is 24.7. The molecule has 1 unspecified atom stereocenters. The van der Waals surface area contributed by atoms with Crippen LogP contribution < -0.4 is 14.9 Å². The van der Waals surface area contributed by atoms with E-state index in [0.29, 0.717) is 6.61 Å². The Kier molecular flexibility index (Phi) is 5.02. The lowest BCUT2D eigenvalue weighted by Crippen LogP contribution is -2.41. The van der Waals surface area contributed by atoms with Crippen LogP contribution in [-0.4, -0.2) is 36.0 Å². The van der Waals surface area contributed by atoms with E-state index in [0.717, 1.165) is 35.4 Å². The van der Waals surface area contributed by atoms with Crippen LogP contribution in [0.3, 0.4) is 0 Å². The van der Waals surface area contributed by atoms with Crippen molar-refractivity contribution in [3.8, 4) is 11.5 Å². The molecule has 5 rings (SSSR count). The number of carboxylic acid groups (broad SMARTS) is 1. The number of benzene rings is 2. The van der Waals surface area contributed by atoms with E-state index in [1.807, 2.05) is 24.3 Å². The van der Waals surface area contributed by atoms with Gasteiger partial charge in [-0.05, 0) is 63.2 Å². The van der Waals surface area contributed by atoms with Crippen molar-refractivity contribution >= 4 is 18.6 Å². The molecule has 2 aromatic carbocycles. The molecule has 0 spiro atoms. The number of aliphatic carboxylic acids is 1. The van der Waals surface area contributed by atoms with Crippen molar-refractivity contribution in [3.05, 3.63) is 53.1 Å². The van der Waals surface area contributed by atoms with Crippen molar-refractivity contribution in [1.82, 2.24) is 0 Å². The summed E-state index contributed by atoms with van der Waals surface area (Å²) in [6.45, 7) is 8.67. The molecule has 2 heterocycles. The summed E-state index contributed by atoms with van der Waals surface area (Å²) in [5.41, 5.74) is 3.68. The highest BCUT2D eigenvalue weighted by Gasteiger charge is 2.52. The molecule has 32 heavy (non-hydrogen) atoms. The Morgan fingerprint density at radius 1 is 1.12 bits per heavy atom. The molecule has 2 aliphatic heterocycles. The third-order valence-electron chi connectivity index (χ3n) is 7.32. The summed E-state index contributed by atoms with van der Waals surface area (Å²) in [7, 11) is -0.381. The number of carboxylic acids is 1. The zero-order valence-corrected chi connectivity index (χ0v) is 19.0. The van der Waals surface area contributed by atoms with Gasteiger partial charge in [-0.1, -0.05) is 24.3 Å². The number of hydrogen-bond donors (Lipinski definition) is 1. The average molecular weight is 436 g/mol. The molecule has 0 saturated carbocycles. The molecular weight excluding hydrogens is 407 g/mol. The lowest BCUT2D eigenvalue weighted by Gasteiger charge is -2.32. The first-order chi connectivity index (χ1) is 15.1. The van der Waals surface area contributed by atoms with Gasteiger partial charge in [0.1, 0.15) is 17.6 Å². The van der Waals surface area contributed by atoms with E-state index in [1.165, 1.54) is 11.1 Å². The molecule has 2 aromatic rings. The normalized spacial score (nSPS) is 24.7. The minimum atomic E-state index is -0.813. The Labute approximate surface area is 189 Å². The van der Waals surface area contributed by atoms with Crippen LogP contribution in [0.15, 0.2) is 36.4 Å². The second-order valence-corrected chi connectivity index (χ2v) is 9.95. The number of carbonyl (C=O) groups is 1.